The molecule has 4 rings (SSSR count). The van der Waals surface area contributed by atoms with E-state index in [0.29, 0.717) is 17.9 Å². The molecule has 6 nitrogen and oxygen atoms in total. The van der Waals surface area contributed by atoms with Crippen LogP contribution >= 0.6 is 0 Å². The van der Waals surface area contributed by atoms with Crippen LogP contribution in [-0.4, -0.2) is 19.5 Å². The second-order valence-electron chi connectivity index (χ2n) is 5.82. The first kappa shape index (κ1) is 15.7. The van der Waals surface area contributed by atoms with Gasteiger partial charge in [0.05, 0.1) is 23.5 Å². The number of imidazole rings is 1. The van der Waals surface area contributed by atoms with Crippen LogP contribution in [0.4, 0.5) is 5.82 Å². The van der Waals surface area contributed by atoms with E-state index in [0.717, 1.165) is 22.5 Å². The third-order valence-corrected chi connectivity index (χ3v) is 4.13. The maximum atomic E-state index is 9.46. The van der Waals surface area contributed by atoms with Gasteiger partial charge in [-0.2, -0.15) is 5.26 Å². The van der Waals surface area contributed by atoms with Crippen LogP contribution in [0.1, 0.15) is 11.1 Å². The Labute approximate surface area is 150 Å². The number of rotatable bonds is 4. The summed E-state index contributed by atoms with van der Waals surface area (Å²) in [5.41, 5.74) is 4.30. The Kier molecular flexibility index (Phi) is 3.96. The lowest BCUT2D eigenvalue weighted by atomic mass is 10.1. The Morgan fingerprint density at radius 1 is 1.04 bits per heavy atom. The predicted octanol–water partition coefficient (Wildman–Crippen LogP) is 3.59. The summed E-state index contributed by atoms with van der Waals surface area (Å²) >= 11 is 0. The van der Waals surface area contributed by atoms with Gasteiger partial charge < -0.3 is 10.4 Å². The Morgan fingerprint density at radius 2 is 1.81 bits per heavy atom. The summed E-state index contributed by atoms with van der Waals surface area (Å²) in [7, 11) is 0. The van der Waals surface area contributed by atoms with Gasteiger partial charge in [0.15, 0.2) is 11.5 Å². The van der Waals surface area contributed by atoms with Crippen LogP contribution in [0.25, 0.3) is 16.9 Å². The van der Waals surface area contributed by atoms with Crippen LogP contribution in [0, 0.1) is 11.3 Å². The molecule has 4 aromatic rings. The highest BCUT2D eigenvalue weighted by molar-refractivity contribution is 5.70. The molecule has 0 aliphatic heterocycles. The number of anilines is 1. The van der Waals surface area contributed by atoms with Crippen molar-refractivity contribution in [3.05, 3.63) is 78.2 Å². The van der Waals surface area contributed by atoms with Gasteiger partial charge in [-0.3, -0.25) is 4.40 Å². The first-order valence-electron chi connectivity index (χ1n) is 8.09. The van der Waals surface area contributed by atoms with E-state index in [-0.39, 0.29) is 5.75 Å². The van der Waals surface area contributed by atoms with Crippen molar-refractivity contribution in [1.82, 2.24) is 14.4 Å². The predicted molar refractivity (Wildman–Crippen MR) is 98.6 cm³/mol. The molecule has 0 atom stereocenters. The number of nitriles is 1. The molecule has 0 aliphatic carbocycles. The van der Waals surface area contributed by atoms with Crippen molar-refractivity contribution in [1.29, 1.82) is 5.26 Å². The molecular weight excluding hydrogens is 326 g/mol. The maximum Gasteiger partial charge on any atom is 0.180 e. The Morgan fingerprint density at radius 3 is 2.54 bits per heavy atom. The van der Waals surface area contributed by atoms with E-state index in [1.165, 1.54) is 0 Å². The van der Waals surface area contributed by atoms with Crippen LogP contribution in [0.2, 0.25) is 0 Å². The lowest BCUT2D eigenvalue weighted by molar-refractivity contribution is 0.475. The van der Waals surface area contributed by atoms with Gasteiger partial charge in [0, 0.05) is 24.5 Å². The topological polar surface area (TPSA) is 86.2 Å². The smallest absolute Gasteiger partial charge is 0.180 e. The lowest BCUT2D eigenvalue weighted by Crippen LogP contribution is -2.04. The number of benzene rings is 2. The highest BCUT2D eigenvalue weighted by Crippen LogP contribution is 2.25. The molecule has 0 fully saturated rings. The summed E-state index contributed by atoms with van der Waals surface area (Å²) in [5.74, 6) is 0.913. The minimum atomic E-state index is 0.231. The van der Waals surface area contributed by atoms with Gasteiger partial charge in [0.25, 0.3) is 0 Å². The second kappa shape index (κ2) is 6.57. The summed E-state index contributed by atoms with van der Waals surface area (Å²) < 4.78 is 1.96. The Bertz CT molecular complexity index is 1090. The maximum absolute atomic E-state index is 9.46. The van der Waals surface area contributed by atoms with E-state index in [1.807, 2.05) is 34.9 Å². The van der Waals surface area contributed by atoms with Crippen LogP contribution in [0.15, 0.2) is 67.1 Å². The van der Waals surface area contributed by atoms with Gasteiger partial charge in [0.1, 0.15) is 5.75 Å². The quantitative estimate of drug-likeness (QED) is 0.592. The van der Waals surface area contributed by atoms with E-state index in [4.69, 9.17) is 5.26 Å². The molecule has 0 bridgehead atoms. The number of hydrogen-bond acceptors (Lipinski definition) is 5. The van der Waals surface area contributed by atoms with Crippen molar-refractivity contribution in [2.45, 2.75) is 6.54 Å². The molecule has 0 amide bonds. The molecule has 2 heterocycles. The van der Waals surface area contributed by atoms with Gasteiger partial charge in [-0.15, -0.1) is 0 Å². The van der Waals surface area contributed by atoms with Crippen molar-refractivity contribution in [3.8, 4) is 23.1 Å². The van der Waals surface area contributed by atoms with Gasteiger partial charge >= 0.3 is 0 Å². The summed E-state index contributed by atoms with van der Waals surface area (Å²) in [5, 5.41) is 21.6. The zero-order chi connectivity index (χ0) is 17.9. The Hall–Kier alpha value is -3.85. The first-order chi connectivity index (χ1) is 12.7. The molecule has 126 valence electrons. The molecular formula is C20H15N5O. The van der Waals surface area contributed by atoms with Crippen LogP contribution in [0.3, 0.4) is 0 Å². The minimum absolute atomic E-state index is 0.231. The molecule has 2 N–H and O–H groups in total. The first-order valence-corrected chi connectivity index (χ1v) is 8.09. The van der Waals surface area contributed by atoms with Crippen molar-refractivity contribution >= 4 is 11.5 Å². The van der Waals surface area contributed by atoms with E-state index in [1.54, 1.807) is 36.7 Å². The normalized spacial score (nSPS) is 10.6. The fourth-order valence-electron chi connectivity index (χ4n) is 2.77. The van der Waals surface area contributed by atoms with E-state index in [9.17, 15) is 5.11 Å². The zero-order valence-electron chi connectivity index (χ0n) is 13.8. The SMILES string of the molecule is N#Cc1ccc(CNc2nccn3c(-c4ccc(O)cc4)cnc23)cc1. The molecule has 0 unspecified atom stereocenters. The number of nitrogens with zero attached hydrogens (tertiary/aromatic N) is 4. The number of phenolic OH excluding ortho intramolecular Hbond substituents is 1. The standard InChI is InChI=1S/C20H15N5O/c21-11-14-1-3-15(4-2-14)12-23-19-20-24-13-18(25(20)10-9-22-19)16-5-7-17(26)8-6-16/h1-10,13,26H,12H2,(H,22,23). The van der Waals surface area contributed by atoms with Gasteiger partial charge in [-0.25, -0.2) is 9.97 Å². The fraction of sp³-hybridized carbons (Fsp3) is 0.0500. The minimum Gasteiger partial charge on any atom is -0.508 e. The molecule has 0 saturated heterocycles. The molecule has 0 saturated carbocycles. The van der Waals surface area contributed by atoms with Crippen molar-refractivity contribution < 1.29 is 5.11 Å². The molecule has 6 heteroatoms. The largest absolute Gasteiger partial charge is 0.508 e. The summed E-state index contributed by atoms with van der Waals surface area (Å²) in [6, 6.07) is 16.5. The zero-order valence-corrected chi connectivity index (χ0v) is 13.8. The molecule has 0 spiro atoms. The number of aromatic nitrogens is 3. The van der Waals surface area contributed by atoms with Gasteiger partial charge in [0.2, 0.25) is 0 Å². The number of aromatic hydroxyl groups is 1. The summed E-state index contributed by atoms with van der Waals surface area (Å²) in [4.78, 5) is 8.88. The number of phenols is 1. The summed E-state index contributed by atoms with van der Waals surface area (Å²) in [6.07, 6.45) is 5.37. The fourth-order valence-corrected chi connectivity index (χ4v) is 2.77. The molecule has 0 radical (unpaired) electrons. The average molecular weight is 341 g/mol. The highest BCUT2D eigenvalue weighted by Gasteiger charge is 2.10. The molecule has 2 aromatic carbocycles. The van der Waals surface area contributed by atoms with E-state index < -0.39 is 0 Å². The Balaban J connectivity index is 1.62. The van der Waals surface area contributed by atoms with Crippen LogP contribution in [-0.2, 0) is 6.54 Å². The van der Waals surface area contributed by atoms with Crippen molar-refractivity contribution in [3.63, 3.8) is 0 Å². The number of nitrogens with one attached hydrogen (secondary N) is 1. The molecule has 26 heavy (non-hydrogen) atoms. The number of hydrogen-bond donors (Lipinski definition) is 2. The van der Waals surface area contributed by atoms with Crippen molar-refractivity contribution in [2.24, 2.45) is 0 Å². The molecule has 0 aliphatic rings. The van der Waals surface area contributed by atoms with E-state index in [2.05, 4.69) is 21.4 Å². The van der Waals surface area contributed by atoms with Crippen molar-refractivity contribution in [2.75, 3.05) is 5.32 Å². The molecule has 2 aromatic heterocycles. The van der Waals surface area contributed by atoms with Crippen LogP contribution < -0.4 is 5.32 Å². The van der Waals surface area contributed by atoms with E-state index >= 15 is 0 Å². The average Bonchev–Trinajstić information content (AvgIpc) is 3.12. The van der Waals surface area contributed by atoms with Gasteiger partial charge in [-0.1, -0.05) is 12.1 Å². The third kappa shape index (κ3) is 2.94. The van der Waals surface area contributed by atoms with Crippen LogP contribution in [0.5, 0.6) is 5.75 Å². The third-order valence-electron chi connectivity index (χ3n) is 4.13. The lowest BCUT2D eigenvalue weighted by Gasteiger charge is -2.08. The highest BCUT2D eigenvalue weighted by atomic mass is 16.3. The summed E-state index contributed by atoms with van der Waals surface area (Å²) in [6.45, 7) is 0.583. The number of fused-ring (bicyclic) bond motifs is 1. The monoisotopic (exact) mass is 341 g/mol. The van der Waals surface area contributed by atoms with Gasteiger partial charge in [-0.05, 0) is 42.0 Å². The second-order valence-corrected chi connectivity index (χ2v) is 5.82.